The number of pyridine rings is 1. The van der Waals surface area contributed by atoms with E-state index < -0.39 is 0 Å². The lowest BCUT2D eigenvalue weighted by Crippen LogP contribution is -2.32. The summed E-state index contributed by atoms with van der Waals surface area (Å²) in [6.45, 7) is 5.51. The van der Waals surface area contributed by atoms with Crippen LogP contribution in [0.2, 0.25) is 0 Å². The van der Waals surface area contributed by atoms with Crippen LogP contribution in [0.15, 0.2) is 42.7 Å². The van der Waals surface area contributed by atoms with Gasteiger partial charge in [-0.15, -0.1) is 5.10 Å². The van der Waals surface area contributed by atoms with E-state index in [2.05, 4.69) is 28.3 Å². The van der Waals surface area contributed by atoms with E-state index in [0.29, 0.717) is 11.4 Å². The Kier molecular flexibility index (Phi) is 5.14. The van der Waals surface area contributed by atoms with Gasteiger partial charge in [0.1, 0.15) is 6.67 Å². The summed E-state index contributed by atoms with van der Waals surface area (Å²) in [6, 6.07) is 9.12. The molecule has 8 nitrogen and oxygen atoms in total. The van der Waals surface area contributed by atoms with Crippen LogP contribution in [0.3, 0.4) is 0 Å². The van der Waals surface area contributed by atoms with Crippen molar-refractivity contribution in [2.75, 3.05) is 4.90 Å². The molecule has 3 heterocycles. The first kappa shape index (κ1) is 19.3. The molecule has 0 saturated carbocycles. The summed E-state index contributed by atoms with van der Waals surface area (Å²) in [5.74, 6) is 0.829. The molecule has 0 bridgehead atoms. The van der Waals surface area contributed by atoms with Gasteiger partial charge in [0.25, 0.3) is 5.69 Å². The first-order valence-electron chi connectivity index (χ1n) is 9.61. The number of fused-ring (bicyclic) bond motifs is 1. The highest BCUT2D eigenvalue weighted by atomic mass is 32.1. The van der Waals surface area contributed by atoms with Crippen LogP contribution in [0.5, 0.6) is 0 Å². The van der Waals surface area contributed by atoms with Gasteiger partial charge in [-0.25, -0.2) is 4.68 Å². The number of anilines is 1. The molecule has 1 aromatic carbocycles. The van der Waals surface area contributed by atoms with Crippen molar-refractivity contribution in [1.82, 2.24) is 19.3 Å². The van der Waals surface area contributed by atoms with E-state index in [9.17, 15) is 10.1 Å². The maximum Gasteiger partial charge on any atom is 0.269 e. The van der Waals surface area contributed by atoms with E-state index >= 15 is 0 Å². The highest BCUT2D eigenvalue weighted by molar-refractivity contribution is 7.71. The predicted octanol–water partition coefficient (Wildman–Crippen LogP) is 4.20. The molecule has 2 aromatic heterocycles. The van der Waals surface area contributed by atoms with Crippen LogP contribution >= 0.6 is 12.2 Å². The van der Waals surface area contributed by atoms with Gasteiger partial charge in [0.2, 0.25) is 0 Å². The number of non-ortho nitro benzene ring substituents is 1. The SMILES string of the molecule is CCCn1c(-c2ccncc2)nn(CN2c3ccc([N+](=O)[O-])cc3C[C@H]2C)c1=S. The molecular weight excluding hydrogens is 388 g/mol. The lowest BCUT2D eigenvalue weighted by Gasteiger charge is -2.24. The fourth-order valence-electron chi connectivity index (χ4n) is 3.83. The Morgan fingerprint density at radius 3 is 2.72 bits per heavy atom. The van der Waals surface area contributed by atoms with Crippen molar-refractivity contribution in [1.29, 1.82) is 0 Å². The van der Waals surface area contributed by atoms with Crippen molar-refractivity contribution in [3.05, 3.63) is 63.2 Å². The average Bonchev–Trinajstić information content (AvgIpc) is 3.20. The van der Waals surface area contributed by atoms with Gasteiger partial charge < -0.3 is 4.90 Å². The molecule has 29 heavy (non-hydrogen) atoms. The highest BCUT2D eigenvalue weighted by Crippen LogP contribution is 2.35. The van der Waals surface area contributed by atoms with Gasteiger partial charge in [-0.2, -0.15) is 0 Å². The number of hydrogen-bond acceptors (Lipinski definition) is 6. The second-order valence-electron chi connectivity index (χ2n) is 7.23. The molecule has 0 spiro atoms. The molecular formula is C20H22N6O2S. The molecule has 0 saturated heterocycles. The summed E-state index contributed by atoms with van der Waals surface area (Å²) < 4.78 is 4.57. The number of rotatable bonds is 6. The van der Waals surface area contributed by atoms with Crippen molar-refractivity contribution in [3.8, 4) is 11.4 Å². The molecule has 0 N–H and O–H groups in total. The van der Waals surface area contributed by atoms with Crippen LogP contribution in [0, 0.1) is 14.9 Å². The second-order valence-corrected chi connectivity index (χ2v) is 7.59. The minimum atomic E-state index is -0.350. The van der Waals surface area contributed by atoms with Crippen LogP contribution in [-0.4, -0.2) is 30.3 Å². The Morgan fingerprint density at radius 2 is 2.03 bits per heavy atom. The number of benzene rings is 1. The van der Waals surface area contributed by atoms with Crippen LogP contribution in [0.4, 0.5) is 11.4 Å². The standard InChI is InChI=1S/C20H22N6O2S/c1-3-10-23-19(15-6-8-21-9-7-15)22-25(20(23)29)13-24-14(2)11-16-12-17(26(27)28)4-5-18(16)24/h4-9,12,14H,3,10-11,13H2,1-2H3/t14-/m1/s1. The van der Waals surface area contributed by atoms with Crippen LogP contribution < -0.4 is 4.90 Å². The summed E-state index contributed by atoms with van der Waals surface area (Å²) >= 11 is 5.74. The highest BCUT2D eigenvalue weighted by Gasteiger charge is 2.28. The summed E-state index contributed by atoms with van der Waals surface area (Å²) in [5, 5.41) is 15.9. The molecule has 0 aliphatic carbocycles. The maximum atomic E-state index is 11.1. The Balaban J connectivity index is 1.71. The number of aromatic nitrogens is 4. The molecule has 9 heteroatoms. The van der Waals surface area contributed by atoms with Crippen LogP contribution in [0.1, 0.15) is 25.8 Å². The zero-order chi connectivity index (χ0) is 20.5. The van der Waals surface area contributed by atoms with Crippen molar-refractivity contribution in [3.63, 3.8) is 0 Å². The third-order valence-corrected chi connectivity index (χ3v) is 5.66. The van der Waals surface area contributed by atoms with Gasteiger partial charge in [-0.1, -0.05) is 6.92 Å². The number of nitrogens with zero attached hydrogens (tertiary/aromatic N) is 6. The summed E-state index contributed by atoms with van der Waals surface area (Å²) in [7, 11) is 0. The lowest BCUT2D eigenvalue weighted by atomic mass is 10.1. The van der Waals surface area contributed by atoms with E-state index in [-0.39, 0.29) is 16.7 Å². The first-order chi connectivity index (χ1) is 14.0. The van der Waals surface area contributed by atoms with Crippen LogP contribution in [-0.2, 0) is 19.6 Å². The number of nitro benzene ring substituents is 1. The quantitative estimate of drug-likeness (QED) is 0.344. The molecule has 1 aliphatic rings. The topological polar surface area (TPSA) is 82.0 Å². The predicted molar refractivity (Wildman–Crippen MR) is 113 cm³/mol. The second kappa shape index (κ2) is 7.75. The first-order valence-corrected chi connectivity index (χ1v) is 10.0. The monoisotopic (exact) mass is 410 g/mol. The van der Waals surface area contributed by atoms with Crippen molar-refractivity contribution in [2.45, 2.75) is 45.9 Å². The van der Waals surface area contributed by atoms with E-state index in [0.717, 1.165) is 42.0 Å². The van der Waals surface area contributed by atoms with Gasteiger partial charge in [-0.3, -0.25) is 19.7 Å². The largest absolute Gasteiger partial charge is 0.349 e. The van der Waals surface area contributed by atoms with Crippen molar-refractivity contribution < 1.29 is 4.92 Å². The normalized spacial score (nSPS) is 15.5. The minimum Gasteiger partial charge on any atom is -0.349 e. The lowest BCUT2D eigenvalue weighted by molar-refractivity contribution is -0.384. The van der Waals surface area contributed by atoms with Crippen molar-refractivity contribution in [2.24, 2.45) is 0 Å². The smallest absolute Gasteiger partial charge is 0.269 e. The summed E-state index contributed by atoms with van der Waals surface area (Å²) in [5.41, 5.74) is 3.09. The van der Waals surface area contributed by atoms with Gasteiger partial charge in [0.05, 0.1) is 4.92 Å². The fourth-order valence-corrected chi connectivity index (χ4v) is 4.10. The summed E-state index contributed by atoms with van der Waals surface area (Å²) in [6.07, 6.45) is 5.21. The third kappa shape index (κ3) is 3.53. The molecule has 4 rings (SSSR count). The van der Waals surface area contributed by atoms with Crippen molar-refractivity contribution >= 4 is 23.6 Å². The van der Waals surface area contributed by atoms with Crippen LogP contribution in [0.25, 0.3) is 11.4 Å². The molecule has 0 unspecified atom stereocenters. The third-order valence-electron chi connectivity index (χ3n) is 5.23. The molecule has 0 fully saturated rings. The van der Waals surface area contributed by atoms with E-state index in [1.165, 1.54) is 0 Å². The summed E-state index contributed by atoms with van der Waals surface area (Å²) in [4.78, 5) is 17.0. The van der Waals surface area contributed by atoms with Gasteiger partial charge in [0, 0.05) is 48.4 Å². The zero-order valence-corrected chi connectivity index (χ0v) is 17.2. The molecule has 0 radical (unpaired) electrons. The average molecular weight is 411 g/mol. The minimum absolute atomic E-state index is 0.126. The molecule has 150 valence electrons. The van der Waals surface area contributed by atoms with E-state index in [1.807, 2.05) is 22.9 Å². The maximum absolute atomic E-state index is 11.1. The van der Waals surface area contributed by atoms with E-state index in [4.69, 9.17) is 17.3 Å². The number of hydrogen-bond donors (Lipinski definition) is 0. The Hall–Kier alpha value is -3.07. The molecule has 1 aliphatic heterocycles. The van der Waals surface area contributed by atoms with Gasteiger partial charge >= 0.3 is 0 Å². The van der Waals surface area contributed by atoms with Gasteiger partial charge in [0.15, 0.2) is 10.6 Å². The van der Waals surface area contributed by atoms with Gasteiger partial charge in [-0.05, 0) is 55.7 Å². The van der Waals surface area contributed by atoms with E-state index in [1.54, 1.807) is 24.5 Å². The Bertz CT molecular complexity index is 1110. The number of nitro groups is 1. The fraction of sp³-hybridized carbons (Fsp3) is 0.350. The Morgan fingerprint density at radius 1 is 1.28 bits per heavy atom. The zero-order valence-electron chi connectivity index (χ0n) is 16.4. The molecule has 3 aromatic rings. The molecule has 1 atom stereocenters. The Labute approximate surface area is 173 Å². The molecule has 0 amide bonds.